The lowest BCUT2D eigenvalue weighted by Crippen LogP contribution is -2.42. The summed E-state index contributed by atoms with van der Waals surface area (Å²) in [5.41, 5.74) is 5.87. The van der Waals surface area contributed by atoms with Crippen LogP contribution in [0.5, 0.6) is 0 Å². The third-order valence-electron chi connectivity index (χ3n) is 3.35. The number of carbonyl (C=O) groups excluding carboxylic acids is 1. The van der Waals surface area contributed by atoms with Gasteiger partial charge in [0.05, 0.1) is 5.92 Å². The Morgan fingerprint density at radius 3 is 2.53 bits per heavy atom. The summed E-state index contributed by atoms with van der Waals surface area (Å²) in [7, 11) is 0. The monoisotopic (exact) mass is 287 g/mol. The molecule has 1 fully saturated rings. The second-order valence-electron chi connectivity index (χ2n) is 6.44. The highest BCUT2D eigenvalue weighted by atomic mass is 32.2. The van der Waals surface area contributed by atoms with E-state index in [-0.39, 0.29) is 17.2 Å². The largest absolute Gasteiger partial charge is 0.355 e. The Morgan fingerprint density at radius 1 is 1.37 bits per heavy atom. The van der Waals surface area contributed by atoms with Crippen molar-refractivity contribution >= 4 is 17.7 Å². The number of rotatable bonds is 6. The van der Waals surface area contributed by atoms with Crippen LogP contribution in [0.1, 0.15) is 27.2 Å². The Kier molecular flexibility index (Phi) is 7.18. The van der Waals surface area contributed by atoms with Crippen LogP contribution in [0.3, 0.4) is 0 Å². The van der Waals surface area contributed by atoms with Gasteiger partial charge in [0.1, 0.15) is 0 Å². The molecule has 1 rings (SSSR count). The first-order valence-corrected chi connectivity index (χ1v) is 8.36. The van der Waals surface area contributed by atoms with E-state index in [2.05, 4.69) is 31.0 Å². The minimum Gasteiger partial charge on any atom is -0.355 e. The van der Waals surface area contributed by atoms with E-state index in [0.29, 0.717) is 6.54 Å². The van der Waals surface area contributed by atoms with E-state index in [4.69, 9.17) is 5.73 Å². The van der Waals surface area contributed by atoms with Crippen LogP contribution in [0.15, 0.2) is 0 Å². The molecule has 0 aliphatic carbocycles. The maximum atomic E-state index is 12.1. The standard InChI is InChI=1S/C14H29N3OS/c1-14(2,3)10-12(11-15)13(18)16-4-5-17-6-8-19-9-7-17/h12H,4-11,15H2,1-3H3,(H,16,18). The van der Waals surface area contributed by atoms with Gasteiger partial charge in [-0.2, -0.15) is 11.8 Å². The fraction of sp³-hybridized carbons (Fsp3) is 0.929. The van der Waals surface area contributed by atoms with Crippen LogP contribution < -0.4 is 11.1 Å². The molecule has 5 heteroatoms. The van der Waals surface area contributed by atoms with E-state index >= 15 is 0 Å². The average molecular weight is 287 g/mol. The first-order valence-electron chi connectivity index (χ1n) is 7.20. The third kappa shape index (κ3) is 7.18. The molecule has 1 unspecified atom stereocenters. The number of nitrogens with one attached hydrogen (secondary N) is 1. The number of amides is 1. The summed E-state index contributed by atoms with van der Waals surface area (Å²) < 4.78 is 0. The summed E-state index contributed by atoms with van der Waals surface area (Å²) >= 11 is 2.01. The van der Waals surface area contributed by atoms with Gasteiger partial charge in [-0.25, -0.2) is 0 Å². The average Bonchev–Trinajstić information content (AvgIpc) is 2.36. The lowest BCUT2D eigenvalue weighted by Gasteiger charge is -2.27. The van der Waals surface area contributed by atoms with Crippen molar-refractivity contribution in [2.75, 3.05) is 44.2 Å². The van der Waals surface area contributed by atoms with Crippen LogP contribution in [-0.2, 0) is 4.79 Å². The smallest absolute Gasteiger partial charge is 0.224 e. The zero-order chi connectivity index (χ0) is 14.3. The van der Waals surface area contributed by atoms with Crippen LogP contribution in [0.4, 0.5) is 0 Å². The molecule has 0 aromatic rings. The first-order chi connectivity index (χ1) is 8.92. The van der Waals surface area contributed by atoms with E-state index in [0.717, 1.165) is 32.6 Å². The van der Waals surface area contributed by atoms with Gasteiger partial charge in [-0.15, -0.1) is 0 Å². The molecule has 112 valence electrons. The van der Waals surface area contributed by atoms with Gasteiger partial charge in [0.2, 0.25) is 5.91 Å². The Balaban J connectivity index is 2.24. The molecule has 0 radical (unpaired) electrons. The molecule has 1 aliphatic rings. The van der Waals surface area contributed by atoms with Crippen molar-refractivity contribution in [3.05, 3.63) is 0 Å². The lowest BCUT2D eigenvalue weighted by molar-refractivity contribution is -0.125. The summed E-state index contributed by atoms with van der Waals surface area (Å²) in [5, 5.41) is 3.04. The molecule has 1 aliphatic heterocycles. The minimum absolute atomic E-state index is 0.0584. The molecule has 0 aromatic carbocycles. The molecule has 0 aromatic heterocycles. The van der Waals surface area contributed by atoms with Gasteiger partial charge in [0, 0.05) is 44.2 Å². The molecule has 1 heterocycles. The van der Waals surface area contributed by atoms with Crippen LogP contribution in [0.2, 0.25) is 0 Å². The van der Waals surface area contributed by atoms with Crippen LogP contribution in [0.25, 0.3) is 0 Å². The van der Waals surface area contributed by atoms with Crippen molar-refractivity contribution in [3.8, 4) is 0 Å². The third-order valence-corrected chi connectivity index (χ3v) is 4.29. The highest BCUT2D eigenvalue weighted by Crippen LogP contribution is 2.23. The first kappa shape index (κ1) is 16.8. The number of nitrogens with two attached hydrogens (primary N) is 1. The Morgan fingerprint density at radius 2 is 2.00 bits per heavy atom. The molecule has 0 bridgehead atoms. The second kappa shape index (κ2) is 8.12. The normalized spacial score (nSPS) is 19.2. The zero-order valence-corrected chi connectivity index (χ0v) is 13.4. The van der Waals surface area contributed by atoms with Crippen LogP contribution in [0, 0.1) is 11.3 Å². The summed E-state index contributed by atoms with van der Waals surface area (Å²) in [6.45, 7) is 10.9. The predicted octanol–water partition coefficient (Wildman–Crippen LogP) is 1.16. The molecule has 4 nitrogen and oxygen atoms in total. The predicted molar refractivity (Wildman–Crippen MR) is 83.4 cm³/mol. The number of carbonyl (C=O) groups is 1. The lowest BCUT2D eigenvalue weighted by atomic mass is 9.84. The van der Waals surface area contributed by atoms with E-state index in [1.807, 2.05) is 11.8 Å². The van der Waals surface area contributed by atoms with Crippen molar-refractivity contribution in [3.63, 3.8) is 0 Å². The van der Waals surface area contributed by atoms with Gasteiger partial charge in [-0.1, -0.05) is 20.8 Å². The zero-order valence-electron chi connectivity index (χ0n) is 12.6. The second-order valence-corrected chi connectivity index (χ2v) is 7.67. The van der Waals surface area contributed by atoms with Crippen LogP contribution >= 0.6 is 11.8 Å². The van der Waals surface area contributed by atoms with E-state index in [1.54, 1.807) is 0 Å². The van der Waals surface area contributed by atoms with Gasteiger partial charge >= 0.3 is 0 Å². The Hall–Kier alpha value is -0.260. The van der Waals surface area contributed by atoms with E-state index < -0.39 is 0 Å². The fourth-order valence-corrected chi connectivity index (χ4v) is 3.31. The summed E-state index contributed by atoms with van der Waals surface area (Å²) in [5.74, 6) is 2.48. The summed E-state index contributed by atoms with van der Waals surface area (Å²) in [6, 6.07) is 0. The fourth-order valence-electron chi connectivity index (χ4n) is 2.33. The van der Waals surface area contributed by atoms with E-state index in [9.17, 15) is 4.79 Å². The van der Waals surface area contributed by atoms with E-state index in [1.165, 1.54) is 11.5 Å². The summed E-state index contributed by atoms with van der Waals surface area (Å²) in [6.07, 6.45) is 0.843. The highest BCUT2D eigenvalue weighted by molar-refractivity contribution is 7.99. The van der Waals surface area contributed by atoms with Crippen LogP contribution in [-0.4, -0.2) is 55.0 Å². The highest BCUT2D eigenvalue weighted by Gasteiger charge is 2.23. The molecule has 19 heavy (non-hydrogen) atoms. The minimum atomic E-state index is -0.0584. The number of thioether (sulfide) groups is 1. The maximum absolute atomic E-state index is 12.1. The number of hydrogen-bond acceptors (Lipinski definition) is 4. The van der Waals surface area contributed by atoms with Gasteiger partial charge in [-0.05, 0) is 11.8 Å². The molecular formula is C14H29N3OS. The molecule has 0 spiro atoms. The molecule has 0 saturated carbocycles. The molecule has 1 amide bonds. The molecule has 1 saturated heterocycles. The summed E-state index contributed by atoms with van der Waals surface area (Å²) in [4.78, 5) is 14.5. The van der Waals surface area contributed by atoms with Crippen molar-refractivity contribution in [2.45, 2.75) is 27.2 Å². The number of nitrogens with zero attached hydrogens (tertiary/aromatic N) is 1. The molecule has 3 N–H and O–H groups in total. The maximum Gasteiger partial charge on any atom is 0.224 e. The molecule has 1 atom stereocenters. The van der Waals surface area contributed by atoms with Crippen molar-refractivity contribution in [2.24, 2.45) is 17.1 Å². The topological polar surface area (TPSA) is 58.4 Å². The quantitative estimate of drug-likeness (QED) is 0.770. The number of hydrogen-bond donors (Lipinski definition) is 2. The van der Waals surface area contributed by atoms with Gasteiger partial charge in [0.15, 0.2) is 0 Å². The van der Waals surface area contributed by atoms with Gasteiger partial charge < -0.3 is 11.1 Å². The molecular weight excluding hydrogens is 258 g/mol. The van der Waals surface area contributed by atoms with Crippen molar-refractivity contribution in [1.29, 1.82) is 0 Å². The van der Waals surface area contributed by atoms with Crippen molar-refractivity contribution in [1.82, 2.24) is 10.2 Å². The Bertz CT molecular complexity index is 272. The van der Waals surface area contributed by atoms with Gasteiger partial charge in [0.25, 0.3) is 0 Å². The SMILES string of the molecule is CC(C)(C)CC(CN)C(=O)NCCN1CCSCC1. The van der Waals surface area contributed by atoms with Gasteiger partial charge in [-0.3, -0.25) is 9.69 Å². The Labute approximate surface area is 121 Å². The van der Waals surface area contributed by atoms with Crippen molar-refractivity contribution < 1.29 is 4.79 Å².